The zero-order valence-corrected chi connectivity index (χ0v) is 46.7. The second kappa shape index (κ2) is 66.9. The van der Waals surface area contributed by atoms with Gasteiger partial charge in [0.1, 0.15) is 18.5 Å². The first-order chi connectivity index (χ1) is 33.2. The largest absolute Gasteiger partial charge is 1.00 e. The number of carbonyl (C=O) groups excluding carboxylic acids is 3. The van der Waals surface area contributed by atoms with Crippen molar-refractivity contribution in [2.24, 2.45) is 0 Å². The van der Waals surface area contributed by atoms with Crippen molar-refractivity contribution in [3.8, 4) is 5.75 Å². The third-order valence-corrected chi connectivity index (χ3v) is 11.5. The van der Waals surface area contributed by atoms with E-state index in [2.05, 4.69) is 55.4 Å². The minimum Gasteiger partial charge on any atom is -0.870 e. The molecule has 0 heterocycles. The van der Waals surface area contributed by atoms with Gasteiger partial charge in [0.25, 0.3) is 0 Å². The monoisotopic (exact) mass is 983 g/mol. The number of aliphatic hydroxyl groups is 1. The Balaban J connectivity index is -0.000000295. The number of esters is 3. The van der Waals surface area contributed by atoms with Crippen LogP contribution in [0.2, 0.25) is 0 Å². The first-order valence-corrected chi connectivity index (χ1v) is 28.2. The fourth-order valence-corrected chi connectivity index (χ4v) is 7.31. The van der Waals surface area contributed by atoms with Crippen LogP contribution in [0.25, 0.3) is 0 Å². The fourth-order valence-electron chi connectivity index (χ4n) is 7.31. The Labute approximate surface area is 446 Å². The average molecular weight is 983 g/mol. The van der Waals surface area contributed by atoms with Crippen molar-refractivity contribution < 1.29 is 62.8 Å². The van der Waals surface area contributed by atoms with Gasteiger partial charge in [-0.05, 0) is 75.5 Å². The third kappa shape index (κ3) is 64.0. The van der Waals surface area contributed by atoms with Crippen molar-refractivity contribution >= 4 is 17.9 Å². The first kappa shape index (κ1) is 76.9. The summed E-state index contributed by atoms with van der Waals surface area (Å²) in [5, 5.41) is 7.46. The molecule has 0 fully saturated rings. The summed E-state index contributed by atoms with van der Waals surface area (Å²) in [6.45, 7) is 24.9. The Kier molecular flexibility index (Phi) is 73.5. The molecule has 0 saturated heterocycles. The number of hydrogen-bond acceptors (Lipinski definition) is 9. The van der Waals surface area contributed by atoms with Crippen LogP contribution >= 0.6 is 0 Å². The van der Waals surface area contributed by atoms with Gasteiger partial charge in [-0.2, -0.15) is 19.3 Å². The van der Waals surface area contributed by atoms with E-state index >= 15 is 0 Å². The molecule has 2 N–H and O–H groups in total. The molecule has 0 saturated carbocycles. The number of benzene rings is 1. The molecule has 0 radical (unpaired) electrons. The molecule has 0 spiro atoms. The predicted octanol–water partition coefficient (Wildman–Crippen LogP) is 14.6. The van der Waals surface area contributed by atoms with Crippen LogP contribution in [0.1, 0.15) is 277 Å². The summed E-state index contributed by atoms with van der Waals surface area (Å²) in [5.41, 5.74) is 0.981. The van der Waals surface area contributed by atoms with Crippen molar-refractivity contribution in [2.45, 2.75) is 284 Å². The van der Waals surface area contributed by atoms with Gasteiger partial charge < -0.3 is 57.2 Å². The Morgan fingerprint density at radius 2 is 0.814 bits per heavy atom. The summed E-state index contributed by atoms with van der Waals surface area (Å²) in [6.07, 6.45) is 43.3. The molecular formula is C60H111LiO9-4. The van der Waals surface area contributed by atoms with Crippen molar-refractivity contribution in [1.82, 2.24) is 0 Å². The van der Waals surface area contributed by atoms with Crippen LogP contribution in [-0.4, -0.2) is 54.4 Å². The van der Waals surface area contributed by atoms with E-state index in [1.165, 1.54) is 141 Å². The zero-order chi connectivity index (χ0) is 50.8. The maximum Gasteiger partial charge on any atom is 1.00 e. The maximum atomic E-state index is 12.2. The van der Waals surface area contributed by atoms with Crippen LogP contribution in [0.3, 0.4) is 0 Å². The van der Waals surface area contributed by atoms with Crippen LogP contribution in [0.5, 0.6) is 5.75 Å². The van der Waals surface area contributed by atoms with E-state index in [1.807, 2.05) is 24.3 Å². The molecule has 1 rings (SSSR count). The Hall–Kier alpha value is -2.05. The molecule has 410 valence electrons. The van der Waals surface area contributed by atoms with E-state index in [1.54, 1.807) is 0 Å². The van der Waals surface area contributed by atoms with Gasteiger partial charge in [-0.1, -0.05) is 194 Å². The van der Waals surface area contributed by atoms with E-state index in [9.17, 15) is 14.4 Å². The van der Waals surface area contributed by atoms with Gasteiger partial charge in [0.05, 0.1) is 13.2 Å². The average Bonchev–Trinajstić information content (AvgIpc) is 3.34. The second-order valence-electron chi connectivity index (χ2n) is 18.3. The molecule has 10 heteroatoms. The van der Waals surface area contributed by atoms with Gasteiger partial charge in [0, 0.05) is 19.3 Å². The molecule has 0 unspecified atom stereocenters. The number of aliphatic hydroxyl groups excluding tert-OH is 1. The van der Waals surface area contributed by atoms with Gasteiger partial charge in [0.2, 0.25) is 0 Å². The molecular weight excluding hydrogens is 872 g/mol. The van der Waals surface area contributed by atoms with Crippen molar-refractivity contribution in [3.05, 3.63) is 57.5 Å². The number of carbonyl (C=O) groups is 3. The van der Waals surface area contributed by atoms with E-state index in [0.717, 1.165) is 101 Å². The molecule has 0 aliphatic rings. The van der Waals surface area contributed by atoms with E-state index < -0.39 is 0 Å². The smallest absolute Gasteiger partial charge is 0.870 e. The van der Waals surface area contributed by atoms with Crippen LogP contribution in [0, 0.1) is 27.7 Å². The molecule has 0 atom stereocenters. The van der Waals surface area contributed by atoms with Crippen molar-refractivity contribution in [3.63, 3.8) is 0 Å². The van der Waals surface area contributed by atoms with Crippen LogP contribution < -0.4 is 23.6 Å². The molecule has 0 bridgehead atoms. The number of ether oxygens (including phenoxy) is 4. The molecule has 9 nitrogen and oxygen atoms in total. The molecule has 1 aromatic rings. The fraction of sp³-hybridized carbons (Fsp3) is 0.783. The molecule has 0 aliphatic carbocycles. The standard InChI is InChI=1S/C25H49O2.C17H33O2.C16H23O3.C2H5O.Li.H2O/c1-4-7-10-13-16-18-21-24(22-19-17-14-11-8-5-2)27-25(26)23-20-15-12-9-6-3;1-3-5-7-8-9-10-11-12-14-16-19-17(18)15-13-6-4-2;1-3-5-6-7-16(17)19-13-14-8-10-15(11-9-14)18-12-4-2;1-2-3;;/h24H,3-23H2,1-2H3;2-16H2,1H3;8-11H,1,3-7,12-13H2,2H3;3H,1-2H2;;1H2/q4*-1;+1;/p-1. The van der Waals surface area contributed by atoms with E-state index in [-0.39, 0.29) is 55.0 Å². The topological polar surface area (TPSA) is 138 Å². The minimum absolute atomic E-state index is 0. The summed E-state index contributed by atoms with van der Waals surface area (Å²) in [7, 11) is 0. The molecule has 1 aromatic carbocycles. The SMILES string of the molecule is [CH2-]CCCCC(=O)OCCCCCCCCCCC.[CH2-]CCCCC(=O)OCc1ccc(OCCC)cc1.[CH2-]CCCCCCC(=O)OC(CCCCCCCC)CCCCCCCC.[CH2-]CO.[Li+].[OH-]. The first-order valence-electron chi connectivity index (χ1n) is 28.2. The molecule has 0 aromatic heterocycles. The number of unbranched alkanes of at least 4 members (excludes halogenated alkanes) is 26. The van der Waals surface area contributed by atoms with E-state index in [0.29, 0.717) is 32.5 Å². The van der Waals surface area contributed by atoms with Gasteiger partial charge in [-0.15, -0.1) is 0 Å². The van der Waals surface area contributed by atoms with Crippen molar-refractivity contribution in [1.29, 1.82) is 0 Å². The van der Waals surface area contributed by atoms with Crippen LogP contribution in [-0.2, 0) is 35.2 Å². The minimum atomic E-state index is -0.139. The number of hydrogen-bond donors (Lipinski definition) is 1. The summed E-state index contributed by atoms with van der Waals surface area (Å²) < 4.78 is 21.7. The van der Waals surface area contributed by atoms with Crippen LogP contribution in [0.4, 0.5) is 0 Å². The van der Waals surface area contributed by atoms with Gasteiger partial charge in [0.15, 0.2) is 0 Å². The predicted molar refractivity (Wildman–Crippen MR) is 291 cm³/mol. The van der Waals surface area contributed by atoms with Gasteiger partial charge >= 0.3 is 36.8 Å². The quantitative estimate of drug-likeness (QED) is 0.0223. The van der Waals surface area contributed by atoms with Gasteiger partial charge in [-0.3, -0.25) is 14.4 Å². The maximum absolute atomic E-state index is 12.2. The summed E-state index contributed by atoms with van der Waals surface area (Å²) in [6, 6.07) is 7.66. The summed E-state index contributed by atoms with van der Waals surface area (Å²) in [5.74, 6) is 0.715. The zero-order valence-electron chi connectivity index (χ0n) is 46.7. The summed E-state index contributed by atoms with van der Waals surface area (Å²) >= 11 is 0. The molecule has 70 heavy (non-hydrogen) atoms. The molecule has 0 aliphatic heterocycles. The number of rotatable bonds is 44. The van der Waals surface area contributed by atoms with Crippen LogP contribution in [0.15, 0.2) is 24.3 Å². The Morgan fingerprint density at radius 1 is 0.457 bits per heavy atom. The Morgan fingerprint density at radius 3 is 1.26 bits per heavy atom. The van der Waals surface area contributed by atoms with Crippen molar-refractivity contribution in [2.75, 3.05) is 19.8 Å². The normalized spacial score (nSPS) is 10.3. The summed E-state index contributed by atoms with van der Waals surface area (Å²) in [4.78, 5) is 34.9. The third-order valence-electron chi connectivity index (χ3n) is 11.5. The second-order valence-corrected chi connectivity index (χ2v) is 18.3. The van der Waals surface area contributed by atoms with Gasteiger partial charge in [-0.25, -0.2) is 0 Å². The molecule has 0 amide bonds. The Bertz CT molecular complexity index is 1130. The van der Waals surface area contributed by atoms with E-state index in [4.69, 9.17) is 24.1 Å².